The van der Waals surface area contributed by atoms with Crippen LogP contribution in [-0.4, -0.2) is 17.8 Å². The highest BCUT2D eigenvalue weighted by molar-refractivity contribution is 7.98. The molecular formula is C12H16N2S2. The third-order valence-corrected chi connectivity index (χ3v) is 4.79. The molecule has 2 N–H and O–H groups in total. The summed E-state index contributed by atoms with van der Waals surface area (Å²) < 4.78 is 1.25. The molecule has 0 bridgehead atoms. The van der Waals surface area contributed by atoms with Crippen molar-refractivity contribution in [3.63, 3.8) is 0 Å². The van der Waals surface area contributed by atoms with Crippen LogP contribution in [0, 0.1) is 0 Å². The molecule has 2 aromatic rings. The lowest BCUT2D eigenvalue weighted by Crippen LogP contribution is -2.27. The standard InChI is InChI=1S/C12H16N2S2/c1-12(2,7-13)11-14-9-5-4-8(15-3)6-10(9)16-11/h4-6H,7,13H2,1-3H3. The van der Waals surface area contributed by atoms with Crippen molar-refractivity contribution in [1.82, 2.24) is 4.98 Å². The monoisotopic (exact) mass is 252 g/mol. The van der Waals surface area contributed by atoms with E-state index >= 15 is 0 Å². The predicted octanol–water partition coefficient (Wildman–Crippen LogP) is 3.25. The molecule has 2 rings (SSSR count). The van der Waals surface area contributed by atoms with Crippen LogP contribution in [0.3, 0.4) is 0 Å². The van der Waals surface area contributed by atoms with Gasteiger partial charge in [-0.3, -0.25) is 0 Å². The molecule has 86 valence electrons. The topological polar surface area (TPSA) is 38.9 Å². The van der Waals surface area contributed by atoms with E-state index in [4.69, 9.17) is 5.73 Å². The van der Waals surface area contributed by atoms with E-state index in [1.54, 1.807) is 23.1 Å². The molecule has 0 amide bonds. The first-order valence-corrected chi connectivity index (χ1v) is 7.26. The number of thiazole rings is 1. The zero-order chi connectivity index (χ0) is 11.8. The molecule has 4 heteroatoms. The van der Waals surface area contributed by atoms with E-state index in [9.17, 15) is 0 Å². The highest BCUT2D eigenvalue weighted by atomic mass is 32.2. The van der Waals surface area contributed by atoms with Gasteiger partial charge in [0.1, 0.15) is 5.01 Å². The minimum Gasteiger partial charge on any atom is -0.330 e. The second-order valence-electron chi connectivity index (χ2n) is 4.44. The molecule has 1 aromatic heterocycles. The lowest BCUT2D eigenvalue weighted by molar-refractivity contribution is 0.536. The third-order valence-electron chi connectivity index (χ3n) is 2.68. The van der Waals surface area contributed by atoms with Gasteiger partial charge in [0, 0.05) is 16.9 Å². The molecule has 1 aromatic carbocycles. The third kappa shape index (κ3) is 2.10. The second-order valence-corrected chi connectivity index (χ2v) is 6.35. The Kier molecular flexibility index (Phi) is 3.24. The minimum absolute atomic E-state index is 0.0246. The molecule has 0 fully saturated rings. The Morgan fingerprint density at radius 1 is 1.44 bits per heavy atom. The molecule has 2 nitrogen and oxygen atoms in total. The maximum Gasteiger partial charge on any atom is 0.101 e. The van der Waals surface area contributed by atoms with Crippen molar-refractivity contribution in [3.05, 3.63) is 23.2 Å². The summed E-state index contributed by atoms with van der Waals surface area (Å²) in [4.78, 5) is 5.95. The number of aromatic nitrogens is 1. The Balaban J connectivity index is 2.52. The van der Waals surface area contributed by atoms with Gasteiger partial charge in [-0.15, -0.1) is 23.1 Å². The van der Waals surface area contributed by atoms with Crippen LogP contribution < -0.4 is 5.73 Å². The number of hydrogen-bond acceptors (Lipinski definition) is 4. The first kappa shape index (κ1) is 11.9. The fraction of sp³-hybridized carbons (Fsp3) is 0.417. The number of nitrogens with zero attached hydrogens (tertiary/aromatic N) is 1. The maximum absolute atomic E-state index is 5.78. The van der Waals surface area contributed by atoms with Gasteiger partial charge in [0.05, 0.1) is 10.2 Å². The molecule has 0 saturated heterocycles. The summed E-state index contributed by atoms with van der Waals surface area (Å²) in [5.41, 5.74) is 6.84. The van der Waals surface area contributed by atoms with Crippen LogP contribution in [0.25, 0.3) is 10.2 Å². The van der Waals surface area contributed by atoms with Crippen LogP contribution in [0.1, 0.15) is 18.9 Å². The Bertz CT molecular complexity index is 503. The number of hydrogen-bond donors (Lipinski definition) is 1. The molecule has 0 aliphatic rings. The molecule has 0 aliphatic carbocycles. The van der Waals surface area contributed by atoms with Gasteiger partial charge in [-0.25, -0.2) is 4.98 Å². The SMILES string of the molecule is CSc1ccc2nc(C(C)(C)CN)sc2c1. The summed E-state index contributed by atoms with van der Waals surface area (Å²) in [5.74, 6) is 0. The zero-order valence-electron chi connectivity index (χ0n) is 9.78. The van der Waals surface area contributed by atoms with Crippen LogP contribution in [0.15, 0.2) is 23.1 Å². The fourth-order valence-corrected chi connectivity index (χ4v) is 3.04. The Hall–Kier alpha value is -0.580. The number of rotatable bonds is 3. The van der Waals surface area contributed by atoms with Gasteiger partial charge in [0.15, 0.2) is 0 Å². The molecule has 0 unspecified atom stereocenters. The first-order chi connectivity index (χ1) is 7.56. The molecule has 1 heterocycles. The van der Waals surface area contributed by atoms with E-state index in [1.165, 1.54) is 9.60 Å². The van der Waals surface area contributed by atoms with Crippen molar-refractivity contribution in [2.45, 2.75) is 24.2 Å². The highest BCUT2D eigenvalue weighted by Crippen LogP contribution is 2.32. The summed E-state index contributed by atoms with van der Waals surface area (Å²) in [7, 11) is 0. The maximum atomic E-state index is 5.78. The van der Waals surface area contributed by atoms with Crippen molar-refractivity contribution in [2.24, 2.45) is 5.73 Å². The van der Waals surface area contributed by atoms with Gasteiger partial charge in [-0.2, -0.15) is 0 Å². The van der Waals surface area contributed by atoms with Crippen LogP contribution in [0.4, 0.5) is 0 Å². The summed E-state index contributed by atoms with van der Waals surface area (Å²) in [5, 5.41) is 1.13. The summed E-state index contributed by atoms with van der Waals surface area (Å²) in [6.07, 6.45) is 2.09. The molecule has 0 aliphatic heterocycles. The molecular weight excluding hydrogens is 236 g/mol. The van der Waals surface area contributed by atoms with E-state index < -0.39 is 0 Å². The smallest absolute Gasteiger partial charge is 0.101 e. The summed E-state index contributed by atoms with van der Waals surface area (Å²) in [6, 6.07) is 6.41. The van der Waals surface area contributed by atoms with Crippen LogP contribution in [0.2, 0.25) is 0 Å². The van der Waals surface area contributed by atoms with Crippen molar-refractivity contribution in [2.75, 3.05) is 12.8 Å². The lowest BCUT2D eigenvalue weighted by atomic mass is 9.95. The molecule has 0 atom stereocenters. The van der Waals surface area contributed by atoms with Gasteiger partial charge in [0.25, 0.3) is 0 Å². The molecule has 0 spiro atoms. The van der Waals surface area contributed by atoms with Crippen molar-refractivity contribution < 1.29 is 0 Å². The number of fused-ring (bicyclic) bond motifs is 1. The normalized spacial score (nSPS) is 12.2. The number of nitrogens with two attached hydrogens (primary N) is 1. The van der Waals surface area contributed by atoms with Crippen molar-refractivity contribution in [3.8, 4) is 0 Å². The fourth-order valence-electron chi connectivity index (χ4n) is 1.41. The summed E-state index contributed by atoms with van der Waals surface area (Å²) >= 11 is 3.51. The second kappa shape index (κ2) is 4.35. The van der Waals surface area contributed by atoms with Gasteiger partial charge in [0.2, 0.25) is 0 Å². The van der Waals surface area contributed by atoms with Gasteiger partial charge < -0.3 is 5.73 Å². The van der Waals surface area contributed by atoms with E-state index in [0.717, 1.165) is 10.5 Å². The average molecular weight is 252 g/mol. The van der Waals surface area contributed by atoms with Crippen LogP contribution in [-0.2, 0) is 5.41 Å². The lowest BCUT2D eigenvalue weighted by Gasteiger charge is -2.18. The van der Waals surface area contributed by atoms with E-state index in [2.05, 4.69) is 43.3 Å². The van der Waals surface area contributed by atoms with Crippen molar-refractivity contribution >= 4 is 33.3 Å². The Morgan fingerprint density at radius 2 is 2.19 bits per heavy atom. The quantitative estimate of drug-likeness (QED) is 0.852. The largest absolute Gasteiger partial charge is 0.330 e. The highest BCUT2D eigenvalue weighted by Gasteiger charge is 2.22. The average Bonchev–Trinajstić information content (AvgIpc) is 2.72. The Labute approximate surface area is 104 Å². The van der Waals surface area contributed by atoms with E-state index in [0.29, 0.717) is 6.54 Å². The van der Waals surface area contributed by atoms with Gasteiger partial charge >= 0.3 is 0 Å². The first-order valence-electron chi connectivity index (χ1n) is 5.22. The van der Waals surface area contributed by atoms with Crippen LogP contribution >= 0.6 is 23.1 Å². The van der Waals surface area contributed by atoms with Crippen molar-refractivity contribution in [1.29, 1.82) is 0 Å². The van der Waals surface area contributed by atoms with Gasteiger partial charge in [-0.05, 0) is 24.5 Å². The van der Waals surface area contributed by atoms with E-state index in [-0.39, 0.29) is 5.41 Å². The number of thioether (sulfide) groups is 1. The zero-order valence-corrected chi connectivity index (χ0v) is 11.4. The van der Waals surface area contributed by atoms with Gasteiger partial charge in [-0.1, -0.05) is 13.8 Å². The summed E-state index contributed by atoms with van der Waals surface area (Å²) in [6.45, 7) is 4.91. The van der Waals surface area contributed by atoms with Crippen LogP contribution in [0.5, 0.6) is 0 Å². The molecule has 0 radical (unpaired) electrons. The Morgan fingerprint density at radius 3 is 2.81 bits per heavy atom. The predicted molar refractivity (Wildman–Crippen MR) is 73.5 cm³/mol. The number of benzene rings is 1. The molecule has 16 heavy (non-hydrogen) atoms. The van der Waals surface area contributed by atoms with E-state index in [1.807, 2.05) is 0 Å². The minimum atomic E-state index is -0.0246. The molecule has 0 saturated carbocycles.